The Morgan fingerprint density at radius 1 is 1.17 bits per heavy atom. The van der Waals surface area contributed by atoms with Crippen LogP contribution in [0.5, 0.6) is 0 Å². The Kier molecular flexibility index (Phi) is 5.67. The monoisotopic (exact) mass is 294 g/mol. The SMILES string of the molecule is [CaH2].[O]=[Re](=[O])(=[O])[OH]. The molecule has 36 valence electrons. The molecule has 1 N–H and O–H groups in total. The molecule has 0 bridgehead atoms. The van der Waals surface area contributed by atoms with Crippen molar-refractivity contribution in [2.75, 3.05) is 0 Å². The molecular weight excluding hydrogens is 290 g/mol. The molecule has 0 amide bonds. The van der Waals surface area contributed by atoms with Crippen LogP contribution in [0.25, 0.3) is 0 Å². The fourth-order valence-corrected chi connectivity index (χ4v) is 0. The van der Waals surface area contributed by atoms with E-state index in [9.17, 15) is 0 Å². The van der Waals surface area contributed by atoms with Gasteiger partial charge >= 0.3 is 67.8 Å². The van der Waals surface area contributed by atoms with Crippen LogP contribution in [-0.2, 0) is 26.2 Å². The Morgan fingerprint density at radius 3 is 1.17 bits per heavy atom. The predicted octanol–water partition coefficient (Wildman–Crippen LogP) is -1.83. The standard InChI is InChI=1S/Ca.H2O.3O.Re.2H/h;1H2;;;;;;/q;;;;;+1;;/p-1. The third-order valence-corrected chi connectivity index (χ3v) is 0. The second-order valence-corrected chi connectivity index (χ2v) is 3.24. The minimum absolute atomic E-state index is 0. The first-order chi connectivity index (χ1) is 2.00. The molecule has 0 rings (SSSR count). The van der Waals surface area contributed by atoms with Gasteiger partial charge < -0.3 is 0 Å². The summed E-state index contributed by atoms with van der Waals surface area (Å²) in [5.74, 6) is 0. The quantitative estimate of drug-likeness (QED) is 0.533. The van der Waals surface area contributed by atoms with Crippen LogP contribution in [0, 0.1) is 0 Å². The maximum absolute atomic E-state index is 8.75. The Morgan fingerprint density at radius 2 is 1.17 bits per heavy atom. The van der Waals surface area contributed by atoms with Crippen LogP contribution in [0.1, 0.15) is 0 Å². The van der Waals surface area contributed by atoms with Crippen molar-refractivity contribution in [3.8, 4) is 0 Å². The van der Waals surface area contributed by atoms with E-state index in [2.05, 4.69) is 0 Å². The Labute approximate surface area is 66.9 Å². The summed E-state index contributed by atoms with van der Waals surface area (Å²) >= 11 is -5.86. The van der Waals surface area contributed by atoms with Crippen LogP contribution in [0.15, 0.2) is 0 Å². The first kappa shape index (κ1) is 10.3. The van der Waals surface area contributed by atoms with Gasteiger partial charge in [-0.15, -0.1) is 0 Å². The van der Waals surface area contributed by atoms with Gasteiger partial charge in [-0.2, -0.15) is 0 Å². The van der Waals surface area contributed by atoms with Gasteiger partial charge in [0.1, 0.15) is 0 Å². The topological polar surface area (TPSA) is 71.4 Å². The number of rotatable bonds is 0. The van der Waals surface area contributed by atoms with Gasteiger partial charge in [-0.3, -0.25) is 0 Å². The minimum atomic E-state index is -5.86. The molecule has 0 aliphatic carbocycles. The Balaban J connectivity index is 0. The fourth-order valence-electron chi connectivity index (χ4n) is 0. The van der Waals surface area contributed by atoms with Gasteiger partial charge in [0, 0.05) is 0 Å². The van der Waals surface area contributed by atoms with Crippen molar-refractivity contribution in [1.29, 1.82) is 0 Å². The van der Waals surface area contributed by atoms with Crippen molar-refractivity contribution < 1.29 is 30.0 Å². The van der Waals surface area contributed by atoms with Crippen LogP contribution in [0.2, 0.25) is 0 Å². The zero-order valence-corrected chi connectivity index (χ0v) is 4.77. The Bertz CT molecular complexity index is 129. The average molecular weight is 293 g/mol. The van der Waals surface area contributed by atoms with Gasteiger partial charge in [0.15, 0.2) is 0 Å². The van der Waals surface area contributed by atoms with Crippen molar-refractivity contribution in [3.63, 3.8) is 0 Å². The summed E-state index contributed by atoms with van der Waals surface area (Å²) < 4.78 is 33.3. The van der Waals surface area contributed by atoms with E-state index in [0.717, 1.165) is 0 Å². The molecule has 0 unspecified atom stereocenters. The van der Waals surface area contributed by atoms with E-state index in [-0.39, 0.29) is 37.7 Å². The molecule has 0 saturated heterocycles. The van der Waals surface area contributed by atoms with Crippen LogP contribution < -0.4 is 0 Å². The van der Waals surface area contributed by atoms with Crippen molar-refractivity contribution in [1.82, 2.24) is 0 Å². The summed E-state index contributed by atoms with van der Waals surface area (Å²) in [6.45, 7) is 0. The number of hydrogen-bond donors (Lipinski definition) is 1. The summed E-state index contributed by atoms with van der Waals surface area (Å²) in [4.78, 5) is 0. The summed E-state index contributed by atoms with van der Waals surface area (Å²) in [6.07, 6.45) is 0. The molecule has 0 aromatic rings. The van der Waals surface area contributed by atoms with E-state index in [4.69, 9.17) is 14.2 Å². The summed E-state index contributed by atoms with van der Waals surface area (Å²) in [5, 5.41) is 0. The normalized spacial score (nSPS) is 9.50. The molecule has 0 aliphatic heterocycles. The first-order valence-electron chi connectivity index (χ1n) is 0.632. The number of hydrogen-bond acceptors (Lipinski definition) is 3. The van der Waals surface area contributed by atoms with Crippen LogP contribution in [0.3, 0.4) is 0 Å². The molecule has 6 heavy (non-hydrogen) atoms. The van der Waals surface area contributed by atoms with Crippen LogP contribution in [0.4, 0.5) is 0 Å². The maximum atomic E-state index is 8.75. The van der Waals surface area contributed by atoms with Crippen molar-refractivity contribution in [2.24, 2.45) is 0 Å². The fraction of sp³-hybridized carbons (Fsp3) is 0. The molecule has 0 radical (unpaired) electrons. The molecule has 0 fully saturated rings. The third kappa shape index (κ3) is 58.9. The van der Waals surface area contributed by atoms with Crippen molar-refractivity contribution in [2.45, 2.75) is 0 Å². The van der Waals surface area contributed by atoms with E-state index in [1.54, 1.807) is 0 Å². The van der Waals surface area contributed by atoms with E-state index in [0.29, 0.717) is 0 Å². The predicted molar refractivity (Wildman–Crippen MR) is 12.8 cm³/mol. The van der Waals surface area contributed by atoms with Crippen molar-refractivity contribution in [3.05, 3.63) is 0 Å². The summed E-state index contributed by atoms with van der Waals surface area (Å²) in [5.41, 5.74) is 0. The second kappa shape index (κ2) is 3.31. The molecule has 0 aliphatic rings. The van der Waals surface area contributed by atoms with Crippen LogP contribution in [-0.4, -0.2) is 41.6 Å². The van der Waals surface area contributed by atoms with Crippen molar-refractivity contribution >= 4 is 37.7 Å². The van der Waals surface area contributed by atoms with Crippen LogP contribution >= 0.6 is 0 Å². The first-order valence-corrected chi connectivity index (χ1v) is 5.17. The molecule has 0 aromatic carbocycles. The molecule has 0 saturated carbocycles. The zero-order valence-electron chi connectivity index (χ0n) is 2.05. The summed E-state index contributed by atoms with van der Waals surface area (Å²) in [7, 11) is 0. The molecule has 0 spiro atoms. The van der Waals surface area contributed by atoms with Gasteiger partial charge in [0.05, 0.1) is 0 Å². The molecule has 4 nitrogen and oxygen atoms in total. The molecule has 0 atom stereocenters. The van der Waals surface area contributed by atoms with E-state index >= 15 is 0 Å². The van der Waals surface area contributed by atoms with E-state index in [1.807, 2.05) is 0 Å². The molecule has 0 aromatic heterocycles. The zero-order chi connectivity index (χ0) is 4.50. The van der Waals surface area contributed by atoms with Gasteiger partial charge in [-0.05, 0) is 0 Å². The van der Waals surface area contributed by atoms with Gasteiger partial charge in [0.2, 0.25) is 0 Å². The molecule has 0 heterocycles. The van der Waals surface area contributed by atoms with Gasteiger partial charge in [-0.1, -0.05) is 0 Å². The van der Waals surface area contributed by atoms with Gasteiger partial charge in [-0.25, -0.2) is 0 Å². The van der Waals surface area contributed by atoms with E-state index in [1.165, 1.54) is 0 Å². The second-order valence-electron chi connectivity index (χ2n) is 0.396. The van der Waals surface area contributed by atoms with Gasteiger partial charge in [0.25, 0.3) is 0 Å². The molecular formula is H3CaO4Re. The van der Waals surface area contributed by atoms with E-state index < -0.39 is 15.8 Å². The summed E-state index contributed by atoms with van der Waals surface area (Å²) in [6, 6.07) is 0. The average Bonchev–Trinajstić information content (AvgIpc) is 0.722. The Hall–Kier alpha value is 1.28. The molecule has 6 heteroatoms. The third-order valence-electron chi connectivity index (χ3n) is 0.